The molecule has 0 fully saturated rings. The molecule has 1 atom stereocenters. The van der Waals surface area contributed by atoms with Crippen LogP contribution >= 0.6 is 0 Å². The minimum atomic E-state index is -3.64. The lowest BCUT2D eigenvalue weighted by molar-refractivity contribution is -0.139. The monoisotopic (exact) mass is 461 g/mol. The number of aliphatic carboxylic acids is 1. The number of nitrogens with one attached hydrogen (secondary N) is 1. The molecule has 0 aliphatic rings. The van der Waals surface area contributed by atoms with Gasteiger partial charge in [-0.2, -0.15) is 0 Å². The van der Waals surface area contributed by atoms with Crippen molar-refractivity contribution < 1.29 is 32.6 Å². The number of rotatable bonds is 10. The van der Waals surface area contributed by atoms with Crippen LogP contribution in [0.15, 0.2) is 59.5 Å². The minimum Gasteiger partial charge on any atom is -0.491 e. The van der Waals surface area contributed by atoms with E-state index in [9.17, 15) is 23.1 Å². The van der Waals surface area contributed by atoms with Gasteiger partial charge in [-0.25, -0.2) is 18.0 Å². The van der Waals surface area contributed by atoms with Crippen LogP contribution in [-0.4, -0.2) is 50.6 Å². The molecule has 2 aromatic carbocycles. The van der Waals surface area contributed by atoms with Crippen molar-refractivity contribution in [1.29, 1.82) is 0 Å². The Kier molecular flexibility index (Phi) is 8.83. The predicted octanol–water partition coefficient (Wildman–Crippen LogP) is 3.28. The van der Waals surface area contributed by atoms with Gasteiger partial charge in [-0.15, -0.1) is 0 Å². The fourth-order valence-electron chi connectivity index (χ4n) is 2.72. The summed E-state index contributed by atoms with van der Waals surface area (Å²) in [6.45, 7) is 3.27. The summed E-state index contributed by atoms with van der Waals surface area (Å²) in [6, 6.07) is 14.3. The average Bonchev–Trinajstić information content (AvgIpc) is 2.71. The zero-order valence-electron chi connectivity index (χ0n) is 18.1. The molecule has 0 saturated heterocycles. The van der Waals surface area contributed by atoms with Crippen LogP contribution in [0, 0.1) is 0 Å². The molecule has 0 aliphatic carbocycles. The highest BCUT2D eigenvalue weighted by molar-refractivity contribution is 7.94. The van der Waals surface area contributed by atoms with E-state index in [4.69, 9.17) is 9.47 Å². The summed E-state index contributed by atoms with van der Waals surface area (Å²) in [5.41, 5.74) is 1.31. The van der Waals surface area contributed by atoms with Crippen LogP contribution in [0.4, 0.5) is 4.79 Å². The van der Waals surface area contributed by atoms with Gasteiger partial charge in [0.05, 0.1) is 11.0 Å². The van der Waals surface area contributed by atoms with Crippen molar-refractivity contribution in [3.8, 4) is 5.75 Å². The van der Waals surface area contributed by atoms with Crippen molar-refractivity contribution in [2.24, 2.45) is 0 Å². The first-order valence-corrected chi connectivity index (χ1v) is 11.8. The van der Waals surface area contributed by atoms with Crippen LogP contribution in [0.25, 0.3) is 6.08 Å². The molecular weight excluding hydrogens is 434 g/mol. The lowest BCUT2D eigenvalue weighted by atomic mass is 10.1. The first kappa shape index (κ1) is 24.9. The highest BCUT2D eigenvalue weighted by atomic mass is 32.2. The maximum Gasteiger partial charge on any atom is 0.408 e. The molecule has 2 rings (SSSR count). The summed E-state index contributed by atoms with van der Waals surface area (Å²) in [7, 11) is -3.64. The molecule has 172 valence electrons. The van der Waals surface area contributed by atoms with E-state index in [1.807, 2.05) is 13.8 Å². The number of carboxylic acids is 1. The highest BCUT2D eigenvalue weighted by Crippen LogP contribution is 2.16. The van der Waals surface area contributed by atoms with Crippen molar-refractivity contribution in [2.45, 2.75) is 32.4 Å². The minimum absolute atomic E-state index is 0.0109. The van der Waals surface area contributed by atoms with Crippen LogP contribution in [0.1, 0.15) is 25.0 Å². The number of carboxylic acid groups (broad SMARTS) is 1. The van der Waals surface area contributed by atoms with E-state index < -0.39 is 34.5 Å². The van der Waals surface area contributed by atoms with Crippen LogP contribution < -0.4 is 10.1 Å². The van der Waals surface area contributed by atoms with Crippen molar-refractivity contribution in [3.63, 3.8) is 0 Å². The zero-order valence-corrected chi connectivity index (χ0v) is 19.0. The van der Waals surface area contributed by atoms with E-state index >= 15 is 0 Å². The fraction of sp³-hybridized carbons (Fsp3) is 0.304. The molecule has 32 heavy (non-hydrogen) atoms. The number of carbonyl (C=O) groups is 2. The summed E-state index contributed by atoms with van der Waals surface area (Å²) in [4.78, 5) is 23.7. The van der Waals surface area contributed by atoms with Gasteiger partial charge in [0, 0.05) is 12.7 Å². The Morgan fingerprint density at radius 2 is 1.69 bits per heavy atom. The second kappa shape index (κ2) is 11.3. The number of amides is 1. The van der Waals surface area contributed by atoms with E-state index in [0.29, 0.717) is 16.9 Å². The predicted molar refractivity (Wildman–Crippen MR) is 121 cm³/mol. The number of sulfone groups is 1. The first-order valence-electron chi connectivity index (χ1n) is 9.92. The van der Waals surface area contributed by atoms with Crippen molar-refractivity contribution in [1.82, 2.24) is 5.32 Å². The molecule has 0 radical (unpaired) electrons. The maximum absolute atomic E-state index is 12.2. The largest absolute Gasteiger partial charge is 0.491 e. The van der Waals surface area contributed by atoms with Crippen molar-refractivity contribution in [2.75, 3.05) is 12.9 Å². The first-order chi connectivity index (χ1) is 15.0. The maximum atomic E-state index is 12.2. The quantitative estimate of drug-likeness (QED) is 0.557. The number of ether oxygens (including phenoxy) is 2. The number of hydrogen-bond acceptors (Lipinski definition) is 6. The van der Waals surface area contributed by atoms with Crippen LogP contribution in [0.2, 0.25) is 0 Å². The average molecular weight is 462 g/mol. The van der Waals surface area contributed by atoms with Gasteiger partial charge in [0.15, 0.2) is 9.84 Å². The van der Waals surface area contributed by atoms with E-state index in [-0.39, 0.29) is 17.4 Å². The normalized spacial score (nSPS) is 12.8. The Labute approximate surface area is 187 Å². The molecule has 8 nitrogen and oxygen atoms in total. The molecule has 0 aliphatic heterocycles. The third-order valence-corrected chi connectivity index (χ3v) is 5.46. The molecule has 0 heterocycles. The Bertz CT molecular complexity index is 1050. The summed E-state index contributed by atoms with van der Waals surface area (Å²) >= 11 is 0. The van der Waals surface area contributed by atoms with E-state index in [2.05, 4.69) is 5.32 Å². The third-order valence-electron chi connectivity index (χ3n) is 4.27. The third kappa shape index (κ3) is 8.43. The van der Waals surface area contributed by atoms with E-state index in [1.54, 1.807) is 54.6 Å². The van der Waals surface area contributed by atoms with Gasteiger partial charge in [0.1, 0.15) is 18.4 Å². The lowest BCUT2D eigenvalue weighted by Gasteiger charge is -2.16. The number of carbonyl (C=O) groups excluding carboxylic acids is 1. The number of alkyl carbamates (subject to hydrolysis) is 1. The summed E-state index contributed by atoms with van der Waals surface area (Å²) in [5, 5.41) is 11.7. The van der Waals surface area contributed by atoms with Crippen molar-refractivity contribution in [3.05, 3.63) is 70.6 Å². The van der Waals surface area contributed by atoms with Gasteiger partial charge >= 0.3 is 12.1 Å². The molecule has 0 aromatic heterocycles. The molecule has 0 saturated carbocycles. The van der Waals surface area contributed by atoms with Crippen molar-refractivity contribution >= 4 is 28.0 Å². The molecule has 0 spiro atoms. The van der Waals surface area contributed by atoms with Crippen LogP contribution in [0.3, 0.4) is 0 Å². The summed E-state index contributed by atoms with van der Waals surface area (Å²) < 4.78 is 34.6. The second-order valence-electron chi connectivity index (χ2n) is 7.42. The van der Waals surface area contributed by atoms with E-state index in [1.165, 1.54) is 6.08 Å². The summed E-state index contributed by atoms with van der Waals surface area (Å²) in [6.07, 6.45) is 1.41. The Morgan fingerprint density at radius 1 is 1.06 bits per heavy atom. The number of hydrogen-bond donors (Lipinski definition) is 2. The molecular formula is C23H27NO7S. The van der Waals surface area contributed by atoms with Crippen LogP contribution in [0.5, 0.6) is 5.75 Å². The van der Waals surface area contributed by atoms with Gasteiger partial charge < -0.3 is 19.9 Å². The molecule has 1 amide bonds. The standard InChI is InChI=1S/C23H27NO7S/c1-16(2)31-19-11-9-18(10-12-19)14-21(22(25)26)24-23(27)30-15-20(32(3,28)29)13-17-7-5-4-6-8-17/h4-13,16,21H,14-15H2,1-3H3,(H,24,27)(H,25,26)/b20-13-. The molecule has 9 heteroatoms. The number of benzene rings is 2. The Hall–Kier alpha value is -3.33. The highest BCUT2D eigenvalue weighted by Gasteiger charge is 2.22. The molecule has 2 aromatic rings. The molecule has 2 N–H and O–H groups in total. The van der Waals surface area contributed by atoms with Gasteiger partial charge in [0.2, 0.25) is 0 Å². The topological polar surface area (TPSA) is 119 Å². The SMILES string of the molecule is CC(C)Oc1ccc(CC(NC(=O)OC/C(=C/c2ccccc2)S(C)(=O)=O)C(=O)O)cc1. The molecule has 1 unspecified atom stereocenters. The van der Waals surface area contributed by atoms with Crippen LogP contribution in [-0.2, 0) is 25.8 Å². The fourth-order valence-corrected chi connectivity index (χ4v) is 3.35. The van der Waals surface area contributed by atoms with Gasteiger partial charge in [0.25, 0.3) is 0 Å². The van der Waals surface area contributed by atoms with E-state index in [0.717, 1.165) is 6.26 Å². The van der Waals surface area contributed by atoms with Gasteiger partial charge in [-0.3, -0.25) is 0 Å². The summed E-state index contributed by atoms with van der Waals surface area (Å²) in [5.74, 6) is -0.589. The lowest BCUT2D eigenvalue weighted by Crippen LogP contribution is -2.42. The second-order valence-corrected chi connectivity index (χ2v) is 9.49. The van der Waals surface area contributed by atoms with Gasteiger partial charge in [-0.1, -0.05) is 42.5 Å². The van der Waals surface area contributed by atoms with Gasteiger partial charge in [-0.05, 0) is 43.2 Å². The molecule has 0 bridgehead atoms. The Balaban J connectivity index is 2.01. The smallest absolute Gasteiger partial charge is 0.408 e. The Morgan fingerprint density at radius 3 is 2.22 bits per heavy atom. The zero-order chi connectivity index (χ0) is 23.7.